The molecule has 0 bridgehead atoms. The molecule has 2 rings (SSSR count). The van der Waals surface area contributed by atoms with Crippen molar-refractivity contribution in [1.82, 2.24) is 0 Å². The molecule has 0 amide bonds. The zero-order valence-corrected chi connectivity index (χ0v) is 13.0. The largest absolute Gasteiger partial charge is 0.459 e. The molecule has 0 radical (unpaired) electrons. The van der Waals surface area contributed by atoms with Crippen molar-refractivity contribution in [3.05, 3.63) is 28.5 Å². The van der Waals surface area contributed by atoms with Gasteiger partial charge >= 0.3 is 5.97 Å². The number of carbonyl (C=O) groups is 1. The number of benzene rings is 1. The molecular weight excluding hydrogens is 346 g/mol. The third-order valence-corrected chi connectivity index (χ3v) is 4.58. The van der Waals surface area contributed by atoms with Crippen molar-refractivity contribution in [3.8, 4) is 0 Å². The molecule has 1 atom stereocenters. The van der Waals surface area contributed by atoms with Crippen molar-refractivity contribution < 1.29 is 27.1 Å². The average molecular weight is 357 g/mol. The van der Waals surface area contributed by atoms with E-state index < -0.39 is 25.7 Å². The molecule has 1 heterocycles. The zero-order valence-electron chi connectivity index (χ0n) is 10.6. The molecule has 0 aromatic heterocycles. The highest BCUT2D eigenvalue weighted by Gasteiger charge is 2.24. The van der Waals surface area contributed by atoms with Gasteiger partial charge in [0.15, 0.2) is 0 Å². The van der Waals surface area contributed by atoms with Crippen LogP contribution in [0.2, 0.25) is 5.02 Å². The molecule has 9 heteroatoms. The summed E-state index contributed by atoms with van der Waals surface area (Å²) in [6.45, 7) is 0.629. The summed E-state index contributed by atoms with van der Waals surface area (Å²) < 4.78 is 46.2. The molecule has 1 aliphatic heterocycles. The number of ether oxygens (including phenoxy) is 2. The Morgan fingerprint density at radius 3 is 2.76 bits per heavy atom. The molecule has 0 saturated carbocycles. The molecule has 5 nitrogen and oxygen atoms in total. The fourth-order valence-electron chi connectivity index (χ4n) is 1.89. The molecule has 1 unspecified atom stereocenters. The van der Waals surface area contributed by atoms with Crippen LogP contribution in [-0.4, -0.2) is 33.7 Å². The second-order valence-electron chi connectivity index (χ2n) is 4.43. The minimum atomic E-state index is -4.33. The van der Waals surface area contributed by atoms with Crippen LogP contribution in [-0.2, 0) is 18.5 Å². The lowest BCUT2D eigenvalue weighted by Crippen LogP contribution is -2.18. The van der Waals surface area contributed by atoms with Gasteiger partial charge in [-0.15, -0.1) is 0 Å². The molecule has 116 valence electrons. The Bertz CT molecular complexity index is 656. The Kier molecular flexibility index (Phi) is 5.08. The highest BCUT2D eigenvalue weighted by molar-refractivity contribution is 8.13. The van der Waals surface area contributed by atoms with Gasteiger partial charge in [0.1, 0.15) is 17.3 Å². The first-order chi connectivity index (χ1) is 9.79. The van der Waals surface area contributed by atoms with E-state index in [1.165, 1.54) is 0 Å². The Morgan fingerprint density at radius 2 is 2.19 bits per heavy atom. The molecule has 1 aromatic carbocycles. The maximum atomic E-state index is 13.5. The molecule has 1 aromatic rings. The Hall–Kier alpha value is -0.890. The fourth-order valence-corrected chi connectivity index (χ4v) is 3.03. The second-order valence-corrected chi connectivity index (χ2v) is 7.38. The number of halogens is 3. The van der Waals surface area contributed by atoms with Crippen LogP contribution in [0, 0.1) is 5.82 Å². The molecule has 0 aliphatic carbocycles. The maximum absolute atomic E-state index is 13.5. The number of esters is 1. The van der Waals surface area contributed by atoms with E-state index in [2.05, 4.69) is 0 Å². The van der Waals surface area contributed by atoms with Crippen LogP contribution in [0.15, 0.2) is 17.0 Å². The van der Waals surface area contributed by atoms with Gasteiger partial charge in [0.25, 0.3) is 9.05 Å². The Labute approximate surface area is 130 Å². The number of hydrogen-bond donors (Lipinski definition) is 0. The average Bonchev–Trinajstić information content (AvgIpc) is 2.87. The van der Waals surface area contributed by atoms with Gasteiger partial charge < -0.3 is 9.47 Å². The van der Waals surface area contributed by atoms with Crippen LogP contribution in [0.4, 0.5) is 4.39 Å². The third kappa shape index (κ3) is 4.06. The van der Waals surface area contributed by atoms with Gasteiger partial charge in [0.05, 0.1) is 16.7 Å². The van der Waals surface area contributed by atoms with Gasteiger partial charge in [-0.2, -0.15) is 0 Å². The first kappa shape index (κ1) is 16.5. The number of carbonyl (C=O) groups excluding carboxylic acids is 1. The summed E-state index contributed by atoms with van der Waals surface area (Å²) in [4.78, 5) is 11.1. The fraction of sp³-hybridized carbons (Fsp3) is 0.417. The summed E-state index contributed by atoms with van der Waals surface area (Å²) in [6, 6.07) is 1.47. The van der Waals surface area contributed by atoms with Crippen LogP contribution in [0.3, 0.4) is 0 Å². The highest BCUT2D eigenvalue weighted by atomic mass is 35.7. The lowest BCUT2D eigenvalue weighted by Gasteiger charge is -2.11. The van der Waals surface area contributed by atoms with E-state index in [0.29, 0.717) is 12.7 Å². The predicted molar refractivity (Wildman–Crippen MR) is 73.7 cm³/mol. The van der Waals surface area contributed by atoms with E-state index in [9.17, 15) is 17.6 Å². The van der Waals surface area contributed by atoms with Crippen molar-refractivity contribution in [2.75, 3.05) is 13.2 Å². The van der Waals surface area contributed by atoms with Gasteiger partial charge in [-0.05, 0) is 25.0 Å². The summed E-state index contributed by atoms with van der Waals surface area (Å²) in [6.07, 6.45) is 1.46. The summed E-state index contributed by atoms with van der Waals surface area (Å²) >= 11 is 5.73. The van der Waals surface area contributed by atoms with Crippen LogP contribution < -0.4 is 0 Å². The molecule has 1 saturated heterocycles. The van der Waals surface area contributed by atoms with E-state index in [1.54, 1.807) is 0 Å². The van der Waals surface area contributed by atoms with Gasteiger partial charge in [-0.3, -0.25) is 0 Å². The predicted octanol–water partition coefficient (Wildman–Crippen LogP) is 2.74. The molecule has 21 heavy (non-hydrogen) atoms. The second kappa shape index (κ2) is 6.48. The number of hydrogen-bond acceptors (Lipinski definition) is 5. The normalized spacial score (nSPS) is 18.7. The minimum Gasteiger partial charge on any atom is -0.459 e. The molecule has 1 fully saturated rings. The topological polar surface area (TPSA) is 69.7 Å². The standard InChI is InChI=1S/C12H11Cl2FO5S/c13-9-5-10(15)11(21(14,17)18)4-8(9)12(16)20-6-7-2-1-3-19-7/h4-5,7H,1-3,6H2. The van der Waals surface area contributed by atoms with E-state index in [0.717, 1.165) is 18.9 Å². The molecule has 0 spiro atoms. The SMILES string of the molecule is O=C(OCC1CCCO1)c1cc(S(=O)(=O)Cl)c(F)cc1Cl. The van der Waals surface area contributed by atoms with Gasteiger partial charge in [0.2, 0.25) is 0 Å². The molecule has 0 N–H and O–H groups in total. The maximum Gasteiger partial charge on any atom is 0.339 e. The zero-order chi connectivity index (χ0) is 15.6. The summed E-state index contributed by atoms with van der Waals surface area (Å²) in [5.41, 5.74) is -0.268. The number of rotatable bonds is 4. The van der Waals surface area contributed by atoms with Crippen molar-refractivity contribution in [2.24, 2.45) is 0 Å². The first-order valence-corrected chi connectivity index (χ1v) is 8.70. The highest BCUT2D eigenvalue weighted by Crippen LogP contribution is 2.27. The third-order valence-electron chi connectivity index (χ3n) is 2.93. The van der Waals surface area contributed by atoms with Crippen LogP contribution in [0.5, 0.6) is 0 Å². The Balaban J connectivity index is 2.20. The summed E-state index contributed by atoms with van der Waals surface area (Å²) in [5.74, 6) is -2.00. The van der Waals surface area contributed by atoms with Crippen LogP contribution in [0.25, 0.3) is 0 Å². The van der Waals surface area contributed by atoms with E-state index >= 15 is 0 Å². The van der Waals surface area contributed by atoms with Gasteiger partial charge in [-0.1, -0.05) is 11.6 Å². The Morgan fingerprint density at radius 1 is 1.48 bits per heavy atom. The van der Waals surface area contributed by atoms with Gasteiger partial charge in [-0.25, -0.2) is 17.6 Å². The van der Waals surface area contributed by atoms with Crippen molar-refractivity contribution in [2.45, 2.75) is 23.8 Å². The monoisotopic (exact) mass is 356 g/mol. The summed E-state index contributed by atoms with van der Waals surface area (Å²) in [7, 11) is 0.760. The minimum absolute atomic E-state index is 0.0233. The lowest BCUT2D eigenvalue weighted by molar-refractivity contribution is 0.0161. The lowest BCUT2D eigenvalue weighted by atomic mass is 10.2. The molecule has 1 aliphatic rings. The van der Waals surface area contributed by atoms with Gasteiger partial charge in [0, 0.05) is 17.3 Å². The summed E-state index contributed by atoms with van der Waals surface area (Å²) in [5, 5.41) is -0.256. The van der Waals surface area contributed by atoms with Crippen LogP contribution >= 0.6 is 22.3 Å². The van der Waals surface area contributed by atoms with E-state index in [1.807, 2.05) is 0 Å². The van der Waals surface area contributed by atoms with Crippen molar-refractivity contribution in [1.29, 1.82) is 0 Å². The smallest absolute Gasteiger partial charge is 0.339 e. The first-order valence-electron chi connectivity index (χ1n) is 6.01. The van der Waals surface area contributed by atoms with E-state index in [-0.39, 0.29) is 23.3 Å². The van der Waals surface area contributed by atoms with Crippen molar-refractivity contribution in [3.63, 3.8) is 0 Å². The van der Waals surface area contributed by atoms with E-state index in [4.69, 9.17) is 31.8 Å². The van der Waals surface area contributed by atoms with Crippen molar-refractivity contribution >= 4 is 37.3 Å². The molecular formula is C12H11Cl2FO5S. The quantitative estimate of drug-likeness (QED) is 0.612. The van der Waals surface area contributed by atoms with Crippen LogP contribution in [0.1, 0.15) is 23.2 Å².